The minimum absolute atomic E-state index is 0.0519. The van der Waals surface area contributed by atoms with E-state index in [1.807, 2.05) is 0 Å². The number of phenolic OH excluding ortho intramolecular Hbond substituents is 1. The van der Waals surface area contributed by atoms with Crippen molar-refractivity contribution in [2.24, 2.45) is 5.16 Å². The lowest BCUT2D eigenvalue weighted by Gasteiger charge is -2.01. The Hall–Kier alpha value is -0.550. The van der Waals surface area contributed by atoms with Crippen LogP contribution >= 0.6 is 31.9 Å². The molecule has 0 unspecified atom stereocenters. The summed E-state index contributed by atoms with van der Waals surface area (Å²) in [5, 5.41) is 20.5. The topological polar surface area (TPSA) is 52.8 Å². The molecule has 2 N–H and O–H groups in total. The van der Waals surface area contributed by atoms with Gasteiger partial charge in [0.15, 0.2) is 0 Å². The Morgan fingerprint density at radius 2 is 2.00 bits per heavy atom. The molecule has 0 aliphatic heterocycles. The molecule has 0 atom stereocenters. The average Bonchev–Trinajstić information content (AvgIpc) is 2.00. The van der Waals surface area contributed by atoms with Gasteiger partial charge < -0.3 is 10.3 Å². The number of aromatic hydroxyl groups is 1. The summed E-state index contributed by atoms with van der Waals surface area (Å²) in [7, 11) is 0. The summed E-state index contributed by atoms with van der Waals surface area (Å²) in [6, 6.07) is 3.34. The highest BCUT2D eigenvalue weighted by Gasteiger charge is 2.04. The van der Waals surface area contributed by atoms with Crippen molar-refractivity contribution in [1.82, 2.24) is 0 Å². The third-order valence-corrected chi connectivity index (χ3v) is 2.32. The first-order valence-electron chi connectivity index (χ1n) is 3.00. The third-order valence-electron chi connectivity index (χ3n) is 1.25. The number of benzene rings is 1. The van der Waals surface area contributed by atoms with Crippen LogP contribution in [0.2, 0.25) is 0 Å². The molecule has 0 spiro atoms. The van der Waals surface area contributed by atoms with Gasteiger partial charge in [-0.1, -0.05) is 21.1 Å². The lowest BCUT2D eigenvalue weighted by atomic mass is 10.2. The molecule has 0 aliphatic rings. The quantitative estimate of drug-likeness (QED) is 0.475. The molecular formula is C7H5Br2NO2. The van der Waals surface area contributed by atoms with Crippen molar-refractivity contribution < 1.29 is 10.3 Å². The standard InChI is InChI=1S/C7H5Br2NO2/c8-5-1-4(3-10-12)7(11)6(9)2-5/h1-3,11-12H. The Bertz CT molecular complexity index is 325. The zero-order valence-electron chi connectivity index (χ0n) is 5.83. The molecule has 0 heterocycles. The smallest absolute Gasteiger partial charge is 0.138 e. The molecular weight excluding hydrogens is 290 g/mol. The molecule has 0 bridgehead atoms. The number of hydrogen-bond acceptors (Lipinski definition) is 3. The van der Waals surface area contributed by atoms with Gasteiger partial charge in [-0.3, -0.25) is 0 Å². The summed E-state index contributed by atoms with van der Waals surface area (Å²) in [4.78, 5) is 0. The van der Waals surface area contributed by atoms with E-state index in [9.17, 15) is 5.11 Å². The molecule has 1 aromatic carbocycles. The van der Waals surface area contributed by atoms with Crippen molar-refractivity contribution in [2.45, 2.75) is 0 Å². The Kier molecular flexibility index (Phi) is 3.11. The molecule has 0 aliphatic carbocycles. The fraction of sp³-hybridized carbons (Fsp3) is 0. The molecule has 64 valence electrons. The second-order valence-corrected chi connectivity index (χ2v) is 3.84. The molecule has 0 saturated heterocycles. The highest BCUT2D eigenvalue weighted by molar-refractivity contribution is 9.11. The molecule has 0 amide bonds. The van der Waals surface area contributed by atoms with Crippen LogP contribution in [-0.2, 0) is 0 Å². The second kappa shape index (κ2) is 3.91. The predicted molar refractivity (Wildman–Crippen MR) is 52.9 cm³/mol. The van der Waals surface area contributed by atoms with Crippen LogP contribution < -0.4 is 0 Å². The number of nitrogens with zero attached hydrogens (tertiary/aromatic N) is 1. The summed E-state index contributed by atoms with van der Waals surface area (Å²) < 4.78 is 1.34. The summed E-state index contributed by atoms with van der Waals surface area (Å²) >= 11 is 6.38. The third kappa shape index (κ3) is 1.98. The normalized spacial score (nSPS) is 10.8. The van der Waals surface area contributed by atoms with E-state index in [0.29, 0.717) is 10.0 Å². The van der Waals surface area contributed by atoms with Crippen LogP contribution in [0, 0.1) is 0 Å². The molecule has 1 rings (SSSR count). The van der Waals surface area contributed by atoms with E-state index >= 15 is 0 Å². The predicted octanol–water partition coefficient (Wildman–Crippen LogP) is 2.73. The largest absolute Gasteiger partial charge is 0.506 e. The van der Waals surface area contributed by atoms with Gasteiger partial charge in [0.05, 0.1) is 10.7 Å². The van der Waals surface area contributed by atoms with Gasteiger partial charge in [-0.25, -0.2) is 0 Å². The first kappa shape index (κ1) is 9.54. The van der Waals surface area contributed by atoms with Crippen LogP contribution in [0.15, 0.2) is 26.2 Å². The van der Waals surface area contributed by atoms with Gasteiger partial charge in [-0.05, 0) is 28.1 Å². The van der Waals surface area contributed by atoms with Crippen molar-refractivity contribution in [3.05, 3.63) is 26.6 Å². The van der Waals surface area contributed by atoms with E-state index < -0.39 is 0 Å². The zero-order valence-corrected chi connectivity index (χ0v) is 9.00. The number of hydrogen-bond donors (Lipinski definition) is 2. The summed E-state index contributed by atoms with van der Waals surface area (Å²) in [5.74, 6) is 0.0519. The van der Waals surface area contributed by atoms with Crippen LogP contribution in [0.1, 0.15) is 5.56 Å². The summed E-state index contributed by atoms with van der Waals surface area (Å²) in [6.07, 6.45) is 1.16. The Balaban J connectivity index is 3.27. The number of phenols is 1. The molecule has 12 heavy (non-hydrogen) atoms. The fourth-order valence-corrected chi connectivity index (χ4v) is 2.00. The van der Waals surface area contributed by atoms with Gasteiger partial charge in [-0.2, -0.15) is 0 Å². The highest BCUT2D eigenvalue weighted by Crippen LogP contribution is 2.30. The van der Waals surface area contributed by atoms with E-state index in [-0.39, 0.29) is 5.75 Å². The van der Waals surface area contributed by atoms with Gasteiger partial charge in [0, 0.05) is 10.0 Å². The maximum atomic E-state index is 9.38. The monoisotopic (exact) mass is 293 g/mol. The maximum absolute atomic E-state index is 9.38. The lowest BCUT2D eigenvalue weighted by Crippen LogP contribution is -1.83. The van der Waals surface area contributed by atoms with Crippen LogP contribution in [-0.4, -0.2) is 16.5 Å². The van der Waals surface area contributed by atoms with Crippen molar-refractivity contribution >= 4 is 38.1 Å². The second-order valence-electron chi connectivity index (χ2n) is 2.07. The first-order valence-corrected chi connectivity index (χ1v) is 4.59. The molecule has 0 saturated carbocycles. The van der Waals surface area contributed by atoms with Crippen molar-refractivity contribution in [1.29, 1.82) is 0 Å². The summed E-state index contributed by atoms with van der Waals surface area (Å²) in [5.41, 5.74) is 0.443. The van der Waals surface area contributed by atoms with Gasteiger partial charge in [-0.15, -0.1) is 0 Å². The number of rotatable bonds is 1. The van der Waals surface area contributed by atoms with Crippen LogP contribution in [0.25, 0.3) is 0 Å². The Morgan fingerprint density at radius 1 is 1.33 bits per heavy atom. The molecule has 3 nitrogen and oxygen atoms in total. The molecule has 0 fully saturated rings. The molecule has 0 aromatic heterocycles. The zero-order chi connectivity index (χ0) is 9.14. The number of halogens is 2. The van der Waals surface area contributed by atoms with Crippen LogP contribution in [0.3, 0.4) is 0 Å². The molecule has 5 heteroatoms. The van der Waals surface area contributed by atoms with Gasteiger partial charge >= 0.3 is 0 Å². The van der Waals surface area contributed by atoms with Crippen LogP contribution in [0.5, 0.6) is 5.75 Å². The van der Waals surface area contributed by atoms with Gasteiger partial charge in [0.1, 0.15) is 5.75 Å². The van der Waals surface area contributed by atoms with Gasteiger partial charge in [0.2, 0.25) is 0 Å². The van der Waals surface area contributed by atoms with E-state index in [4.69, 9.17) is 5.21 Å². The van der Waals surface area contributed by atoms with E-state index in [0.717, 1.165) is 10.7 Å². The van der Waals surface area contributed by atoms with E-state index in [1.165, 1.54) is 0 Å². The lowest BCUT2D eigenvalue weighted by molar-refractivity contribution is 0.321. The minimum atomic E-state index is 0.0519. The average molecular weight is 295 g/mol. The van der Waals surface area contributed by atoms with Crippen molar-refractivity contribution in [3.63, 3.8) is 0 Å². The molecule has 0 radical (unpaired) electrons. The first-order chi connectivity index (χ1) is 5.65. The Morgan fingerprint density at radius 3 is 2.58 bits per heavy atom. The van der Waals surface area contributed by atoms with E-state index in [2.05, 4.69) is 37.0 Å². The minimum Gasteiger partial charge on any atom is -0.506 e. The SMILES string of the molecule is ON=Cc1cc(Br)cc(Br)c1O. The molecule has 1 aromatic rings. The highest BCUT2D eigenvalue weighted by atomic mass is 79.9. The Labute approximate surface area is 86.0 Å². The van der Waals surface area contributed by atoms with Crippen molar-refractivity contribution in [2.75, 3.05) is 0 Å². The van der Waals surface area contributed by atoms with Crippen LogP contribution in [0.4, 0.5) is 0 Å². The summed E-state index contributed by atoms with van der Waals surface area (Å²) in [6.45, 7) is 0. The van der Waals surface area contributed by atoms with E-state index in [1.54, 1.807) is 12.1 Å². The van der Waals surface area contributed by atoms with Gasteiger partial charge in [0.25, 0.3) is 0 Å². The maximum Gasteiger partial charge on any atom is 0.138 e. The fourth-order valence-electron chi connectivity index (χ4n) is 0.746. The van der Waals surface area contributed by atoms with Crippen molar-refractivity contribution in [3.8, 4) is 5.75 Å². The number of oxime groups is 1.